The van der Waals surface area contributed by atoms with Gasteiger partial charge in [-0.05, 0) is 24.6 Å². The Labute approximate surface area is 245 Å². The third-order valence-corrected chi connectivity index (χ3v) is 9.13. The average molecular weight is 596 g/mol. The average Bonchev–Trinajstić information content (AvgIpc) is 3.72. The molecule has 0 atom stereocenters. The van der Waals surface area contributed by atoms with E-state index in [0.29, 0.717) is 35.4 Å². The number of carbonyl (C=O) groups excluding carboxylic acids is 2. The Hall–Kier alpha value is -4.42. The molecule has 3 aromatic carbocycles. The molecule has 0 fully saturated rings. The van der Waals surface area contributed by atoms with Crippen molar-refractivity contribution in [3.63, 3.8) is 0 Å². The van der Waals surface area contributed by atoms with E-state index in [0.717, 1.165) is 37.6 Å². The van der Waals surface area contributed by atoms with E-state index in [-0.39, 0.29) is 24.5 Å². The molecule has 0 saturated heterocycles. The Morgan fingerprint density at radius 2 is 1.52 bits per heavy atom. The second-order valence-corrected chi connectivity index (χ2v) is 12.5. The van der Waals surface area contributed by atoms with Gasteiger partial charge in [0, 0.05) is 56.7 Å². The van der Waals surface area contributed by atoms with Crippen LogP contribution in [0.25, 0.3) is 48.7 Å². The summed E-state index contributed by atoms with van der Waals surface area (Å²) in [7, 11) is -3.80. The Morgan fingerprint density at radius 3 is 2.31 bits per heavy atom. The first-order chi connectivity index (χ1) is 20.3. The Balaban J connectivity index is 1.40. The van der Waals surface area contributed by atoms with Gasteiger partial charge < -0.3 is 4.57 Å². The molecule has 3 N–H and O–H groups in total. The lowest BCUT2D eigenvalue weighted by atomic mass is 9.97. The largest absolute Gasteiger partial charge is 0.314 e. The molecule has 3 aromatic heterocycles. The highest BCUT2D eigenvalue weighted by Crippen LogP contribution is 2.42. The van der Waals surface area contributed by atoms with Crippen molar-refractivity contribution in [3.8, 4) is 5.69 Å². The minimum Gasteiger partial charge on any atom is -0.314 e. The second kappa shape index (κ2) is 10.1. The molecule has 11 heteroatoms. The molecule has 1 aliphatic carbocycles. The fraction of sp³-hybridized carbons (Fsp3) is 0.129. The van der Waals surface area contributed by atoms with Gasteiger partial charge in [-0.1, -0.05) is 54.6 Å². The van der Waals surface area contributed by atoms with Crippen LogP contribution in [-0.2, 0) is 26.3 Å². The van der Waals surface area contributed by atoms with Crippen LogP contribution in [0, 0.1) is 0 Å². The summed E-state index contributed by atoms with van der Waals surface area (Å²) in [6.45, 7) is 0.531. The van der Waals surface area contributed by atoms with Gasteiger partial charge in [-0.2, -0.15) is 13.5 Å². The van der Waals surface area contributed by atoms with Crippen LogP contribution in [-0.4, -0.2) is 40.9 Å². The molecule has 6 aromatic rings. The van der Waals surface area contributed by atoms with Crippen LogP contribution >= 0.6 is 11.3 Å². The summed E-state index contributed by atoms with van der Waals surface area (Å²) in [5.41, 5.74) is 4.58. The normalized spacial score (nSPS) is 14.3. The summed E-state index contributed by atoms with van der Waals surface area (Å²) >= 11 is 1.66. The maximum atomic E-state index is 13.6. The number of hydrogen-bond acceptors (Lipinski definition) is 6. The van der Waals surface area contributed by atoms with Crippen LogP contribution < -0.4 is 9.86 Å². The topological polar surface area (TPSA) is 129 Å². The van der Waals surface area contributed by atoms with Gasteiger partial charge >= 0.3 is 0 Å². The van der Waals surface area contributed by atoms with Crippen LogP contribution in [0.4, 0.5) is 0 Å². The third-order valence-electron chi connectivity index (χ3n) is 7.57. The number of nitrogens with two attached hydrogens (primary N) is 1. The van der Waals surface area contributed by atoms with E-state index in [1.165, 1.54) is 0 Å². The molecule has 7 rings (SSSR count). The molecule has 0 unspecified atom stereocenters. The second-order valence-electron chi connectivity index (χ2n) is 10.2. The predicted octanol–water partition coefficient (Wildman–Crippen LogP) is 4.83. The summed E-state index contributed by atoms with van der Waals surface area (Å²) < 4.78 is 29.8. The fourth-order valence-corrected chi connectivity index (χ4v) is 7.16. The van der Waals surface area contributed by atoms with Gasteiger partial charge in [0.25, 0.3) is 10.2 Å². The first-order valence-electron chi connectivity index (χ1n) is 13.4. The first kappa shape index (κ1) is 26.5. The standard InChI is InChI=1S/C31H25N5O4S2/c32-42(39,40)33-14-7-15-36-24-12-5-2-10-21(24)31(34-36)30-27(38)16-26(37)29(30)22-17-35(23-11-4-1-8-19(22)23)25-18-41-28-13-6-3-9-20(25)28/h1-6,8-13,17-18,33H,7,14-16H2,(H2,32,39,40). The SMILES string of the molecule is NS(=O)(=O)NCCCn1nc(C2=C(c3cn(-c4csc5ccccc45)c4ccccc34)C(=O)CC2=O)c2ccccc21. The van der Waals surface area contributed by atoms with Crippen LogP contribution in [0.15, 0.2) is 84.4 Å². The van der Waals surface area contributed by atoms with Crippen LogP contribution in [0.1, 0.15) is 24.1 Å². The Morgan fingerprint density at radius 1 is 0.857 bits per heavy atom. The molecular formula is C31H25N5O4S2. The smallest absolute Gasteiger partial charge is 0.274 e. The molecule has 210 valence electrons. The maximum Gasteiger partial charge on any atom is 0.274 e. The molecule has 9 nitrogen and oxygen atoms in total. The predicted molar refractivity (Wildman–Crippen MR) is 166 cm³/mol. The molecule has 0 saturated carbocycles. The van der Waals surface area contributed by atoms with Crippen molar-refractivity contribution in [2.75, 3.05) is 6.54 Å². The molecule has 0 amide bonds. The minimum absolute atomic E-state index is 0.143. The molecule has 0 bridgehead atoms. The number of allylic oxidation sites excluding steroid dienone is 2. The Bertz CT molecular complexity index is 2200. The highest BCUT2D eigenvalue weighted by molar-refractivity contribution is 7.87. The summed E-state index contributed by atoms with van der Waals surface area (Å²) in [5, 5.41) is 14.7. The van der Waals surface area contributed by atoms with Crippen molar-refractivity contribution >= 4 is 76.2 Å². The van der Waals surface area contributed by atoms with Gasteiger partial charge in [0.1, 0.15) is 5.69 Å². The van der Waals surface area contributed by atoms with Crippen molar-refractivity contribution in [1.29, 1.82) is 0 Å². The van der Waals surface area contributed by atoms with E-state index in [4.69, 9.17) is 10.2 Å². The van der Waals surface area contributed by atoms with Gasteiger partial charge in [-0.25, -0.2) is 9.86 Å². The van der Waals surface area contributed by atoms with Gasteiger partial charge in [0.05, 0.1) is 28.7 Å². The van der Waals surface area contributed by atoms with E-state index < -0.39 is 10.2 Å². The number of nitrogens with one attached hydrogen (secondary N) is 1. The lowest BCUT2D eigenvalue weighted by molar-refractivity contribution is -0.119. The highest BCUT2D eigenvalue weighted by atomic mass is 32.2. The third kappa shape index (κ3) is 4.47. The van der Waals surface area contributed by atoms with Gasteiger partial charge in [0.15, 0.2) is 11.6 Å². The van der Waals surface area contributed by atoms with Crippen molar-refractivity contribution in [2.45, 2.75) is 19.4 Å². The molecule has 42 heavy (non-hydrogen) atoms. The monoisotopic (exact) mass is 595 g/mol. The zero-order chi connectivity index (χ0) is 29.0. The number of Topliss-reactive ketones (excluding diaryl/α,β-unsaturated/α-hetero) is 2. The number of para-hydroxylation sites is 2. The quantitative estimate of drug-likeness (QED) is 0.192. The van der Waals surface area contributed by atoms with Crippen molar-refractivity contribution < 1.29 is 18.0 Å². The van der Waals surface area contributed by atoms with E-state index in [1.54, 1.807) is 16.0 Å². The zero-order valence-corrected chi connectivity index (χ0v) is 23.9. The summed E-state index contributed by atoms with van der Waals surface area (Å²) in [5.74, 6) is -0.497. The summed E-state index contributed by atoms with van der Waals surface area (Å²) in [6, 6.07) is 23.6. The van der Waals surface area contributed by atoms with Gasteiger partial charge in [0.2, 0.25) is 0 Å². The molecular weight excluding hydrogens is 571 g/mol. The number of thiophene rings is 1. The number of fused-ring (bicyclic) bond motifs is 3. The minimum atomic E-state index is -3.80. The van der Waals surface area contributed by atoms with Gasteiger partial charge in [-0.15, -0.1) is 11.3 Å². The van der Waals surface area contributed by atoms with Crippen LogP contribution in [0.5, 0.6) is 0 Å². The van der Waals surface area contributed by atoms with Crippen molar-refractivity contribution in [3.05, 3.63) is 95.6 Å². The maximum absolute atomic E-state index is 13.6. The number of nitrogens with zero attached hydrogens (tertiary/aromatic N) is 3. The lowest BCUT2D eigenvalue weighted by Gasteiger charge is -2.05. The number of benzene rings is 3. The van der Waals surface area contributed by atoms with E-state index in [1.807, 2.05) is 66.9 Å². The van der Waals surface area contributed by atoms with Gasteiger partial charge in [-0.3, -0.25) is 14.3 Å². The van der Waals surface area contributed by atoms with Crippen LogP contribution in [0.2, 0.25) is 0 Å². The summed E-state index contributed by atoms with van der Waals surface area (Å²) in [4.78, 5) is 27.1. The van der Waals surface area contributed by atoms with Crippen molar-refractivity contribution in [1.82, 2.24) is 19.1 Å². The van der Waals surface area contributed by atoms with Crippen molar-refractivity contribution in [2.24, 2.45) is 5.14 Å². The number of rotatable bonds is 8. The summed E-state index contributed by atoms with van der Waals surface area (Å²) in [6.07, 6.45) is 2.18. The Kier molecular flexibility index (Phi) is 6.39. The molecule has 0 aliphatic heterocycles. The van der Waals surface area contributed by atoms with E-state index in [9.17, 15) is 18.0 Å². The number of carbonyl (C=O) groups is 2. The first-order valence-corrected chi connectivity index (χ1v) is 15.8. The number of hydrogen-bond donors (Lipinski definition) is 2. The number of aryl methyl sites for hydroxylation is 1. The molecule has 0 radical (unpaired) electrons. The van der Waals surface area contributed by atoms with E-state index >= 15 is 0 Å². The zero-order valence-electron chi connectivity index (χ0n) is 22.3. The molecule has 1 aliphatic rings. The lowest BCUT2D eigenvalue weighted by Crippen LogP contribution is -2.31. The molecule has 0 spiro atoms. The van der Waals surface area contributed by atoms with E-state index in [2.05, 4.69) is 26.8 Å². The fourth-order valence-electron chi connectivity index (χ4n) is 5.79. The number of aromatic nitrogens is 3. The highest BCUT2D eigenvalue weighted by Gasteiger charge is 2.36. The molecule has 3 heterocycles. The van der Waals surface area contributed by atoms with Crippen LogP contribution in [0.3, 0.4) is 0 Å². The number of ketones is 2.